The van der Waals surface area contributed by atoms with E-state index in [1.165, 1.54) is 24.5 Å². The second-order valence-corrected chi connectivity index (χ2v) is 5.30. The van der Waals surface area contributed by atoms with Crippen molar-refractivity contribution in [1.29, 1.82) is 5.41 Å². The summed E-state index contributed by atoms with van der Waals surface area (Å²) in [6, 6.07) is 3.39. The fourth-order valence-corrected chi connectivity index (χ4v) is 2.10. The van der Waals surface area contributed by atoms with Crippen molar-refractivity contribution in [2.75, 3.05) is 17.6 Å². The number of nitrogen functional groups attached to an aromatic ring is 1. The molecule has 9 heteroatoms. The summed E-state index contributed by atoms with van der Waals surface area (Å²) in [5.74, 6) is -0.156. The predicted octanol–water partition coefficient (Wildman–Crippen LogP) is 2.02. The van der Waals surface area contributed by atoms with Crippen LogP contribution in [0.3, 0.4) is 0 Å². The lowest BCUT2D eigenvalue weighted by molar-refractivity contribution is 0.249. The van der Waals surface area contributed by atoms with Crippen LogP contribution in [0.25, 0.3) is 0 Å². The van der Waals surface area contributed by atoms with E-state index in [9.17, 15) is 9.18 Å². The maximum Gasteiger partial charge on any atom is 0.320 e. The summed E-state index contributed by atoms with van der Waals surface area (Å²) in [5, 5.41) is 15.9. The van der Waals surface area contributed by atoms with Crippen molar-refractivity contribution in [3.05, 3.63) is 47.7 Å². The zero-order valence-electron chi connectivity index (χ0n) is 13.9. The highest BCUT2D eigenvalue weighted by atomic mass is 19.1. The number of hydrogen-bond acceptors (Lipinski definition) is 5. The molecule has 0 aliphatic rings. The molecule has 0 bridgehead atoms. The summed E-state index contributed by atoms with van der Waals surface area (Å²) in [4.78, 5) is 19.7. The number of anilines is 2. The zero-order valence-corrected chi connectivity index (χ0v) is 13.9. The molecule has 2 aromatic rings. The molecule has 0 radical (unpaired) electrons. The van der Waals surface area contributed by atoms with Crippen LogP contribution < -0.4 is 21.7 Å². The molecule has 2 heterocycles. The van der Waals surface area contributed by atoms with E-state index >= 15 is 0 Å². The molecule has 0 aliphatic carbocycles. The first-order valence-corrected chi connectivity index (χ1v) is 7.68. The first-order chi connectivity index (χ1) is 11.9. The van der Waals surface area contributed by atoms with E-state index in [1.54, 1.807) is 13.0 Å². The molecule has 6 N–H and O–H groups in total. The molecule has 0 aliphatic heterocycles. The van der Waals surface area contributed by atoms with Gasteiger partial charge in [-0.2, -0.15) is 4.39 Å². The molecule has 0 spiro atoms. The lowest BCUT2D eigenvalue weighted by atomic mass is 10.1. The van der Waals surface area contributed by atoms with Gasteiger partial charge >= 0.3 is 6.03 Å². The Labute approximate surface area is 144 Å². The van der Waals surface area contributed by atoms with Gasteiger partial charge in [0.1, 0.15) is 11.7 Å². The molecule has 2 aromatic heterocycles. The molecule has 1 unspecified atom stereocenters. The number of carbonyl (C=O) groups is 1. The molecule has 0 saturated heterocycles. The number of halogens is 1. The number of aromatic nitrogens is 2. The van der Waals surface area contributed by atoms with E-state index in [0.717, 1.165) is 0 Å². The number of nitrogens with one attached hydrogen (secondary N) is 4. The molecular weight excluding hydrogens is 325 g/mol. The summed E-state index contributed by atoms with van der Waals surface area (Å²) >= 11 is 0. The van der Waals surface area contributed by atoms with Crippen molar-refractivity contribution in [3.63, 3.8) is 0 Å². The van der Waals surface area contributed by atoms with Crippen LogP contribution in [0, 0.1) is 11.4 Å². The van der Waals surface area contributed by atoms with Gasteiger partial charge in [0, 0.05) is 30.7 Å². The molecule has 0 fully saturated rings. The fourth-order valence-electron chi connectivity index (χ4n) is 2.10. The van der Waals surface area contributed by atoms with Gasteiger partial charge in [-0.25, -0.2) is 14.8 Å². The zero-order chi connectivity index (χ0) is 18.4. The molecule has 25 heavy (non-hydrogen) atoms. The average Bonchev–Trinajstić information content (AvgIpc) is 2.55. The van der Waals surface area contributed by atoms with Crippen LogP contribution in [-0.2, 0) is 0 Å². The maximum atomic E-state index is 12.8. The minimum Gasteiger partial charge on any atom is -0.398 e. The van der Waals surface area contributed by atoms with E-state index in [1.807, 2.05) is 6.92 Å². The van der Waals surface area contributed by atoms with Gasteiger partial charge in [-0.3, -0.25) is 10.7 Å². The number of amidine groups is 1. The van der Waals surface area contributed by atoms with Gasteiger partial charge in [-0.1, -0.05) is 6.07 Å². The van der Waals surface area contributed by atoms with Gasteiger partial charge in [-0.05, 0) is 25.5 Å². The molecule has 8 nitrogen and oxygen atoms in total. The largest absolute Gasteiger partial charge is 0.398 e. The number of carbonyl (C=O) groups excluding carboxylic acids is 1. The predicted molar refractivity (Wildman–Crippen MR) is 93.9 cm³/mol. The van der Waals surface area contributed by atoms with Crippen LogP contribution in [-0.4, -0.2) is 28.4 Å². The van der Waals surface area contributed by atoms with Crippen LogP contribution >= 0.6 is 0 Å². The number of pyridine rings is 2. The highest BCUT2D eigenvalue weighted by Gasteiger charge is 2.12. The Kier molecular flexibility index (Phi) is 5.83. The smallest absolute Gasteiger partial charge is 0.320 e. The summed E-state index contributed by atoms with van der Waals surface area (Å²) in [5.41, 5.74) is 7.35. The third kappa shape index (κ3) is 4.87. The molecule has 2 rings (SSSR count). The third-order valence-corrected chi connectivity index (χ3v) is 3.40. The van der Waals surface area contributed by atoms with Crippen LogP contribution in [0.15, 0.2) is 30.6 Å². The molecule has 0 aromatic carbocycles. The number of nitrogens with two attached hydrogens (primary N) is 1. The fraction of sp³-hybridized carbons (Fsp3) is 0.250. The Morgan fingerprint density at radius 3 is 2.72 bits per heavy atom. The van der Waals surface area contributed by atoms with Crippen molar-refractivity contribution in [1.82, 2.24) is 20.6 Å². The topological polar surface area (TPSA) is 129 Å². The monoisotopic (exact) mass is 345 g/mol. The first-order valence-electron chi connectivity index (χ1n) is 7.68. The van der Waals surface area contributed by atoms with Crippen LogP contribution in [0.5, 0.6) is 0 Å². The van der Waals surface area contributed by atoms with E-state index in [-0.39, 0.29) is 17.7 Å². The van der Waals surface area contributed by atoms with Crippen molar-refractivity contribution in [2.24, 2.45) is 0 Å². The number of rotatable bonds is 5. The molecule has 1 atom stereocenters. The van der Waals surface area contributed by atoms with Crippen molar-refractivity contribution >= 4 is 23.4 Å². The third-order valence-electron chi connectivity index (χ3n) is 3.40. The van der Waals surface area contributed by atoms with E-state index in [0.29, 0.717) is 23.4 Å². The van der Waals surface area contributed by atoms with Gasteiger partial charge in [0.15, 0.2) is 0 Å². The number of nitrogens with zero attached hydrogens (tertiary/aromatic N) is 2. The van der Waals surface area contributed by atoms with E-state index in [2.05, 4.69) is 25.9 Å². The molecule has 2 amide bonds. The number of amides is 2. The van der Waals surface area contributed by atoms with E-state index < -0.39 is 12.0 Å². The lowest BCUT2D eigenvalue weighted by Gasteiger charge is -2.15. The summed E-state index contributed by atoms with van der Waals surface area (Å²) in [7, 11) is 0. The Morgan fingerprint density at radius 2 is 2.12 bits per heavy atom. The molecule has 132 valence electrons. The normalized spacial score (nSPS) is 11.5. The first kappa shape index (κ1) is 18.1. The maximum absolute atomic E-state index is 12.8. The quantitative estimate of drug-likeness (QED) is 0.322. The minimum absolute atomic E-state index is 0.168. The van der Waals surface area contributed by atoms with E-state index in [4.69, 9.17) is 11.1 Å². The van der Waals surface area contributed by atoms with Gasteiger partial charge in [0.25, 0.3) is 0 Å². The molecular formula is C16H20FN7O. The van der Waals surface area contributed by atoms with Gasteiger partial charge < -0.3 is 16.4 Å². The molecule has 0 saturated carbocycles. The summed E-state index contributed by atoms with van der Waals surface area (Å²) in [6.45, 7) is 4.21. The Bertz CT molecular complexity index is 764. The minimum atomic E-state index is -0.580. The SMILES string of the molecule is CCNC(=N)c1cnc(NC(=O)NC(C)c2ccc(F)nc2)cc1N. The van der Waals surface area contributed by atoms with Gasteiger partial charge in [0.05, 0.1) is 11.6 Å². The Hall–Kier alpha value is -3.23. The average molecular weight is 345 g/mol. The van der Waals surface area contributed by atoms with Crippen molar-refractivity contribution in [3.8, 4) is 0 Å². The lowest BCUT2D eigenvalue weighted by Crippen LogP contribution is -2.31. The number of urea groups is 1. The second kappa shape index (κ2) is 8.04. The van der Waals surface area contributed by atoms with Gasteiger partial charge in [-0.15, -0.1) is 0 Å². The second-order valence-electron chi connectivity index (χ2n) is 5.30. The van der Waals surface area contributed by atoms with Crippen LogP contribution in [0.1, 0.15) is 31.0 Å². The van der Waals surface area contributed by atoms with Gasteiger partial charge in [0.2, 0.25) is 5.95 Å². The standard InChI is InChI=1S/C16H20FN7O/c1-3-20-15(19)11-8-22-14(6-12(11)18)24-16(25)23-9(2)10-4-5-13(17)21-7-10/h4-9H,3H2,1-2H3,(H2,19,20)(H4,18,22,23,24,25). The van der Waals surface area contributed by atoms with Crippen molar-refractivity contribution in [2.45, 2.75) is 19.9 Å². The van der Waals surface area contributed by atoms with Crippen molar-refractivity contribution < 1.29 is 9.18 Å². The Balaban J connectivity index is 1.99. The van der Waals surface area contributed by atoms with Crippen LogP contribution in [0.4, 0.5) is 20.7 Å². The highest BCUT2D eigenvalue weighted by Crippen LogP contribution is 2.16. The summed E-state index contributed by atoms with van der Waals surface area (Å²) < 4.78 is 12.8. The number of hydrogen-bond donors (Lipinski definition) is 5. The summed E-state index contributed by atoms with van der Waals surface area (Å²) in [6.07, 6.45) is 2.78. The van der Waals surface area contributed by atoms with Crippen LogP contribution in [0.2, 0.25) is 0 Å². The highest BCUT2D eigenvalue weighted by molar-refractivity contribution is 6.01. The Morgan fingerprint density at radius 1 is 1.36 bits per heavy atom.